The molecule has 1 aliphatic rings. The van der Waals surface area contributed by atoms with Crippen molar-refractivity contribution in [1.29, 1.82) is 0 Å². The molecule has 0 amide bonds. The number of hydrogen-bond donors (Lipinski definition) is 1. The van der Waals surface area contributed by atoms with Crippen LogP contribution < -0.4 is 10.1 Å². The van der Waals surface area contributed by atoms with Crippen molar-refractivity contribution in [2.75, 3.05) is 18.5 Å². The second-order valence-corrected chi connectivity index (χ2v) is 3.69. The van der Waals surface area contributed by atoms with Crippen molar-refractivity contribution >= 4 is 5.69 Å². The maximum absolute atomic E-state index is 5.47. The molecule has 0 aromatic carbocycles. The summed E-state index contributed by atoms with van der Waals surface area (Å²) in [4.78, 5) is 4.40. The first-order valence-corrected chi connectivity index (χ1v) is 5.18. The van der Waals surface area contributed by atoms with Crippen molar-refractivity contribution in [3.05, 3.63) is 18.0 Å². The lowest BCUT2D eigenvalue weighted by Crippen LogP contribution is -2.18. The first-order valence-electron chi connectivity index (χ1n) is 5.18. The number of aromatic nitrogens is 1. The van der Waals surface area contributed by atoms with Crippen LogP contribution in [-0.4, -0.2) is 18.1 Å². The number of nitrogens with one attached hydrogen (secondary N) is 1. The molecule has 0 bridgehead atoms. The monoisotopic (exact) mass is 192 g/mol. The highest BCUT2D eigenvalue weighted by atomic mass is 16.5. The predicted octanol–water partition coefficient (Wildman–Crippen LogP) is 2.40. The van der Waals surface area contributed by atoms with Gasteiger partial charge in [0.05, 0.1) is 11.9 Å². The molecule has 0 aliphatic carbocycles. The Bertz CT molecular complexity index is 325. The van der Waals surface area contributed by atoms with E-state index in [0.717, 1.165) is 36.7 Å². The van der Waals surface area contributed by atoms with Crippen molar-refractivity contribution in [3.8, 4) is 5.75 Å². The van der Waals surface area contributed by atoms with Gasteiger partial charge in [-0.25, -0.2) is 0 Å². The molecule has 14 heavy (non-hydrogen) atoms. The van der Waals surface area contributed by atoms with Gasteiger partial charge in [0.1, 0.15) is 6.61 Å². The third-order valence-electron chi connectivity index (χ3n) is 2.68. The van der Waals surface area contributed by atoms with Crippen LogP contribution in [0.1, 0.15) is 31.9 Å². The van der Waals surface area contributed by atoms with Crippen LogP contribution in [0.25, 0.3) is 0 Å². The average Bonchev–Trinajstić information content (AvgIpc) is 2.27. The molecule has 0 saturated heterocycles. The molecule has 0 saturated carbocycles. The topological polar surface area (TPSA) is 34.1 Å². The summed E-state index contributed by atoms with van der Waals surface area (Å²) in [6.07, 6.45) is 2.94. The maximum Gasteiger partial charge on any atom is 0.160 e. The van der Waals surface area contributed by atoms with E-state index in [-0.39, 0.29) is 0 Å². The Morgan fingerprint density at radius 1 is 1.64 bits per heavy atom. The molecule has 2 heterocycles. The molecule has 0 spiro atoms. The molecule has 1 unspecified atom stereocenters. The van der Waals surface area contributed by atoms with Gasteiger partial charge in [-0.3, -0.25) is 4.98 Å². The van der Waals surface area contributed by atoms with Crippen LogP contribution in [0.2, 0.25) is 0 Å². The lowest BCUT2D eigenvalue weighted by Gasteiger charge is -2.20. The van der Waals surface area contributed by atoms with Gasteiger partial charge in [0.25, 0.3) is 0 Å². The molecule has 2 rings (SSSR count). The Hall–Kier alpha value is -1.25. The first kappa shape index (κ1) is 9.31. The van der Waals surface area contributed by atoms with Crippen LogP contribution >= 0.6 is 0 Å². The van der Waals surface area contributed by atoms with Gasteiger partial charge < -0.3 is 10.1 Å². The van der Waals surface area contributed by atoms with E-state index < -0.39 is 0 Å². The summed E-state index contributed by atoms with van der Waals surface area (Å²) in [6, 6.07) is 2.10. The Kier molecular flexibility index (Phi) is 2.57. The molecule has 3 nitrogen and oxygen atoms in total. The van der Waals surface area contributed by atoms with Crippen molar-refractivity contribution in [1.82, 2.24) is 4.98 Å². The largest absolute Gasteiger partial charge is 0.488 e. The van der Waals surface area contributed by atoms with Gasteiger partial charge in [-0.2, -0.15) is 0 Å². The summed E-state index contributed by atoms with van der Waals surface area (Å²) >= 11 is 0. The molecular formula is C11H16N2O. The van der Waals surface area contributed by atoms with E-state index in [0.29, 0.717) is 5.92 Å². The number of hydrogen-bond acceptors (Lipinski definition) is 3. The van der Waals surface area contributed by atoms with Crippen molar-refractivity contribution in [3.63, 3.8) is 0 Å². The zero-order chi connectivity index (χ0) is 9.97. The van der Waals surface area contributed by atoms with Crippen LogP contribution in [-0.2, 0) is 0 Å². The number of fused-ring (bicyclic) bond motifs is 1. The van der Waals surface area contributed by atoms with E-state index in [1.807, 2.05) is 6.20 Å². The third kappa shape index (κ3) is 1.67. The van der Waals surface area contributed by atoms with Crippen LogP contribution in [0.3, 0.4) is 0 Å². The van der Waals surface area contributed by atoms with Crippen LogP contribution in [0.5, 0.6) is 5.75 Å². The van der Waals surface area contributed by atoms with Gasteiger partial charge in [0, 0.05) is 12.2 Å². The average molecular weight is 192 g/mol. The summed E-state index contributed by atoms with van der Waals surface area (Å²) in [5.74, 6) is 1.40. The fraction of sp³-hybridized carbons (Fsp3) is 0.545. The van der Waals surface area contributed by atoms with Crippen molar-refractivity contribution in [2.24, 2.45) is 0 Å². The highest BCUT2D eigenvalue weighted by Crippen LogP contribution is 2.29. The molecule has 0 fully saturated rings. The Balaban J connectivity index is 2.29. The highest BCUT2D eigenvalue weighted by molar-refractivity contribution is 5.57. The van der Waals surface area contributed by atoms with Crippen molar-refractivity contribution in [2.45, 2.75) is 26.2 Å². The molecular weight excluding hydrogens is 176 g/mol. The van der Waals surface area contributed by atoms with Crippen LogP contribution in [0.4, 0.5) is 5.69 Å². The SMILES string of the molecule is CCC(C)c1cc2c(cn1)OCCN2. The van der Waals surface area contributed by atoms with Gasteiger partial charge in [-0.05, 0) is 18.4 Å². The highest BCUT2D eigenvalue weighted by Gasteiger charge is 2.12. The number of rotatable bonds is 2. The molecule has 1 aromatic heterocycles. The smallest absolute Gasteiger partial charge is 0.160 e. The van der Waals surface area contributed by atoms with Crippen LogP contribution in [0, 0.1) is 0 Å². The fourth-order valence-electron chi connectivity index (χ4n) is 1.54. The van der Waals surface area contributed by atoms with E-state index in [1.54, 1.807) is 0 Å². The van der Waals surface area contributed by atoms with E-state index >= 15 is 0 Å². The first-order chi connectivity index (χ1) is 6.81. The summed E-state index contributed by atoms with van der Waals surface area (Å²) in [6.45, 7) is 5.99. The summed E-state index contributed by atoms with van der Waals surface area (Å²) in [5.41, 5.74) is 2.23. The Morgan fingerprint density at radius 3 is 3.29 bits per heavy atom. The van der Waals surface area contributed by atoms with Gasteiger partial charge in [0.15, 0.2) is 5.75 Å². The van der Waals surface area contributed by atoms with E-state index in [9.17, 15) is 0 Å². The zero-order valence-corrected chi connectivity index (χ0v) is 8.71. The van der Waals surface area contributed by atoms with E-state index in [1.165, 1.54) is 0 Å². The minimum Gasteiger partial charge on any atom is -0.488 e. The zero-order valence-electron chi connectivity index (χ0n) is 8.71. The summed E-state index contributed by atoms with van der Waals surface area (Å²) in [5, 5.41) is 3.32. The predicted molar refractivity (Wildman–Crippen MR) is 56.9 cm³/mol. The second kappa shape index (κ2) is 3.86. The molecule has 1 aliphatic heterocycles. The molecule has 1 aromatic rings. The van der Waals surface area contributed by atoms with E-state index in [2.05, 4.69) is 30.2 Å². The minimum atomic E-state index is 0.518. The van der Waals surface area contributed by atoms with Gasteiger partial charge in [0.2, 0.25) is 0 Å². The summed E-state index contributed by atoms with van der Waals surface area (Å²) in [7, 11) is 0. The normalized spacial score (nSPS) is 16.4. The number of anilines is 1. The molecule has 1 N–H and O–H groups in total. The fourth-order valence-corrected chi connectivity index (χ4v) is 1.54. The maximum atomic E-state index is 5.47. The van der Waals surface area contributed by atoms with Crippen LogP contribution in [0.15, 0.2) is 12.3 Å². The van der Waals surface area contributed by atoms with Gasteiger partial charge in [-0.15, -0.1) is 0 Å². The number of ether oxygens (including phenoxy) is 1. The molecule has 0 radical (unpaired) electrons. The minimum absolute atomic E-state index is 0.518. The Morgan fingerprint density at radius 2 is 2.50 bits per heavy atom. The number of nitrogens with zero attached hydrogens (tertiary/aromatic N) is 1. The quantitative estimate of drug-likeness (QED) is 0.781. The van der Waals surface area contributed by atoms with Gasteiger partial charge in [-0.1, -0.05) is 13.8 Å². The van der Waals surface area contributed by atoms with Gasteiger partial charge >= 0.3 is 0 Å². The third-order valence-corrected chi connectivity index (χ3v) is 2.68. The molecule has 76 valence electrons. The van der Waals surface area contributed by atoms with E-state index in [4.69, 9.17) is 4.74 Å². The van der Waals surface area contributed by atoms with Crippen molar-refractivity contribution < 1.29 is 4.74 Å². The Labute approximate surface area is 84.5 Å². The standard InChI is InChI=1S/C11H16N2O/c1-3-8(2)9-6-10-11(7-13-9)14-5-4-12-10/h6-8,12H,3-5H2,1-2H3. The lowest BCUT2D eigenvalue weighted by molar-refractivity contribution is 0.321. The second-order valence-electron chi connectivity index (χ2n) is 3.69. The molecule has 3 heteroatoms. The number of pyridine rings is 1. The lowest BCUT2D eigenvalue weighted by atomic mass is 10.0. The molecule has 1 atom stereocenters. The summed E-state index contributed by atoms with van der Waals surface area (Å²) < 4.78 is 5.47.